The van der Waals surface area contributed by atoms with Crippen LogP contribution in [0, 0.1) is 5.82 Å². The zero-order valence-corrected chi connectivity index (χ0v) is 12.2. The largest absolute Gasteiger partial charge is 0.484 e. The lowest BCUT2D eigenvalue weighted by molar-refractivity contribution is -0.134. The number of halogens is 1. The van der Waals surface area contributed by atoms with Gasteiger partial charge in [-0.15, -0.1) is 0 Å². The van der Waals surface area contributed by atoms with Crippen molar-refractivity contribution in [1.82, 2.24) is 14.9 Å². The van der Waals surface area contributed by atoms with Crippen molar-refractivity contribution in [3.8, 4) is 5.75 Å². The van der Waals surface area contributed by atoms with E-state index in [1.165, 1.54) is 12.1 Å². The number of nitrogens with one attached hydrogen (secondary N) is 1. The van der Waals surface area contributed by atoms with Gasteiger partial charge in [0.2, 0.25) is 0 Å². The van der Waals surface area contributed by atoms with Crippen molar-refractivity contribution in [2.45, 2.75) is 18.8 Å². The molecule has 3 rings (SSSR count). The molecule has 0 bridgehead atoms. The number of aromatic amines is 1. The van der Waals surface area contributed by atoms with Gasteiger partial charge in [0.05, 0.1) is 0 Å². The number of rotatable bonds is 4. The second-order valence-corrected chi connectivity index (χ2v) is 5.40. The van der Waals surface area contributed by atoms with Crippen LogP contribution in [-0.4, -0.2) is 40.5 Å². The highest BCUT2D eigenvalue weighted by Gasteiger charge is 2.26. The normalized spacial score (nSPS) is 18.2. The summed E-state index contributed by atoms with van der Waals surface area (Å²) < 4.78 is 18.4. The minimum Gasteiger partial charge on any atom is -0.484 e. The van der Waals surface area contributed by atoms with Crippen LogP contribution in [0.15, 0.2) is 36.7 Å². The van der Waals surface area contributed by atoms with Crippen molar-refractivity contribution < 1.29 is 13.9 Å². The fourth-order valence-corrected chi connectivity index (χ4v) is 2.72. The number of amides is 1. The van der Waals surface area contributed by atoms with Crippen LogP contribution < -0.4 is 4.74 Å². The molecule has 1 aromatic carbocycles. The van der Waals surface area contributed by atoms with Crippen LogP contribution in [0.5, 0.6) is 5.75 Å². The highest BCUT2D eigenvalue weighted by atomic mass is 19.1. The molecule has 5 nitrogen and oxygen atoms in total. The molecule has 1 atom stereocenters. The number of imidazole rings is 1. The summed E-state index contributed by atoms with van der Waals surface area (Å²) in [7, 11) is 0. The zero-order valence-electron chi connectivity index (χ0n) is 12.2. The van der Waals surface area contributed by atoms with E-state index in [2.05, 4.69) is 9.97 Å². The molecule has 2 aromatic rings. The minimum absolute atomic E-state index is 0.0751. The van der Waals surface area contributed by atoms with Crippen molar-refractivity contribution in [2.24, 2.45) is 0 Å². The van der Waals surface area contributed by atoms with Gasteiger partial charge in [-0.1, -0.05) is 6.07 Å². The van der Waals surface area contributed by atoms with E-state index in [0.29, 0.717) is 12.3 Å². The second-order valence-electron chi connectivity index (χ2n) is 5.40. The quantitative estimate of drug-likeness (QED) is 0.943. The summed E-state index contributed by atoms with van der Waals surface area (Å²) in [5.74, 6) is 1.07. The first-order valence-corrected chi connectivity index (χ1v) is 7.38. The molecule has 0 spiro atoms. The molecule has 1 aliphatic heterocycles. The molecule has 116 valence electrons. The van der Waals surface area contributed by atoms with Gasteiger partial charge in [-0.25, -0.2) is 9.37 Å². The van der Waals surface area contributed by atoms with Crippen molar-refractivity contribution in [1.29, 1.82) is 0 Å². The van der Waals surface area contributed by atoms with Crippen LogP contribution in [0.1, 0.15) is 24.6 Å². The molecule has 1 fully saturated rings. The van der Waals surface area contributed by atoms with Gasteiger partial charge in [-0.2, -0.15) is 0 Å². The highest BCUT2D eigenvalue weighted by Crippen LogP contribution is 2.24. The number of carbonyl (C=O) groups excluding carboxylic acids is 1. The first kappa shape index (κ1) is 14.6. The monoisotopic (exact) mass is 303 g/mol. The lowest BCUT2D eigenvalue weighted by atomic mass is 9.97. The number of H-pyrrole nitrogens is 1. The third kappa shape index (κ3) is 3.44. The maximum Gasteiger partial charge on any atom is 0.260 e. The third-order valence-electron chi connectivity index (χ3n) is 3.84. The first-order valence-electron chi connectivity index (χ1n) is 7.38. The van der Waals surface area contributed by atoms with Crippen LogP contribution in [0.3, 0.4) is 0 Å². The van der Waals surface area contributed by atoms with Crippen LogP contribution >= 0.6 is 0 Å². The molecular formula is C16H18FN3O2. The van der Waals surface area contributed by atoms with E-state index in [1.54, 1.807) is 29.4 Å². The predicted octanol–water partition coefficient (Wildman–Crippen LogP) is 2.33. The lowest BCUT2D eigenvalue weighted by Gasteiger charge is -2.31. The van der Waals surface area contributed by atoms with E-state index in [9.17, 15) is 9.18 Å². The van der Waals surface area contributed by atoms with Gasteiger partial charge in [0, 0.05) is 37.5 Å². The summed E-state index contributed by atoms with van der Waals surface area (Å²) in [5, 5.41) is 0. The first-order chi connectivity index (χ1) is 10.7. The summed E-state index contributed by atoms with van der Waals surface area (Å²) >= 11 is 0. The average molecular weight is 303 g/mol. The number of ether oxygens (including phenoxy) is 1. The summed E-state index contributed by atoms with van der Waals surface area (Å²) in [4.78, 5) is 21.4. The molecule has 2 heterocycles. The third-order valence-corrected chi connectivity index (χ3v) is 3.84. The molecule has 1 aromatic heterocycles. The van der Waals surface area contributed by atoms with Crippen LogP contribution in [0.25, 0.3) is 0 Å². The molecule has 1 N–H and O–H groups in total. The van der Waals surface area contributed by atoms with Crippen molar-refractivity contribution in [3.05, 3.63) is 48.3 Å². The van der Waals surface area contributed by atoms with E-state index in [0.717, 1.165) is 25.2 Å². The molecule has 0 saturated carbocycles. The average Bonchev–Trinajstić information content (AvgIpc) is 3.07. The second kappa shape index (κ2) is 6.60. The standard InChI is InChI=1S/C16H18FN3O2/c17-13-4-1-5-14(9-13)22-11-15(21)20-8-2-3-12(10-20)16-18-6-7-19-16/h1,4-7,9,12H,2-3,8,10-11H2,(H,18,19)/t12-/m1/s1. The summed E-state index contributed by atoms with van der Waals surface area (Å²) in [6.07, 6.45) is 5.48. The Morgan fingerprint density at radius 3 is 3.18 bits per heavy atom. The predicted molar refractivity (Wildman–Crippen MR) is 79.0 cm³/mol. The van der Waals surface area contributed by atoms with E-state index in [4.69, 9.17) is 4.74 Å². The van der Waals surface area contributed by atoms with E-state index < -0.39 is 0 Å². The Kier molecular flexibility index (Phi) is 4.37. The van der Waals surface area contributed by atoms with E-state index in [1.807, 2.05) is 0 Å². The van der Waals surface area contributed by atoms with Crippen LogP contribution in [0.4, 0.5) is 4.39 Å². The fourth-order valence-electron chi connectivity index (χ4n) is 2.72. The Morgan fingerprint density at radius 1 is 1.50 bits per heavy atom. The van der Waals surface area contributed by atoms with Gasteiger partial charge in [0.25, 0.3) is 5.91 Å². The number of likely N-dealkylation sites (tertiary alicyclic amines) is 1. The Morgan fingerprint density at radius 2 is 2.41 bits per heavy atom. The Hall–Kier alpha value is -2.37. The van der Waals surface area contributed by atoms with Gasteiger partial charge < -0.3 is 14.6 Å². The SMILES string of the molecule is O=C(COc1cccc(F)c1)N1CCC[C@@H](c2ncc[nH]2)C1. The number of aromatic nitrogens is 2. The summed E-state index contributed by atoms with van der Waals surface area (Å²) in [6, 6.07) is 5.81. The van der Waals surface area contributed by atoms with Gasteiger partial charge in [-0.3, -0.25) is 4.79 Å². The van der Waals surface area contributed by atoms with Crippen LogP contribution in [-0.2, 0) is 4.79 Å². The highest BCUT2D eigenvalue weighted by molar-refractivity contribution is 5.78. The molecule has 22 heavy (non-hydrogen) atoms. The Balaban J connectivity index is 1.55. The molecule has 1 amide bonds. The smallest absolute Gasteiger partial charge is 0.260 e. The van der Waals surface area contributed by atoms with Gasteiger partial charge in [0.15, 0.2) is 6.61 Å². The molecule has 1 saturated heterocycles. The number of piperidine rings is 1. The number of carbonyl (C=O) groups is 1. The van der Waals surface area contributed by atoms with Crippen molar-refractivity contribution in [3.63, 3.8) is 0 Å². The topological polar surface area (TPSA) is 58.2 Å². The minimum atomic E-state index is -0.374. The lowest BCUT2D eigenvalue weighted by Crippen LogP contribution is -2.41. The van der Waals surface area contributed by atoms with E-state index >= 15 is 0 Å². The Bertz CT molecular complexity index is 630. The number of nitrogens with zero attached hydrogens (tertiary/aromatic N) is 2. The van der Waals surface area contributed by atoms with Gasteiger partial charge in [0.1, 0.15) is 17.4 Å². The van der Waals surface area contributed by atoms with Crippen molar-refractivity contribution in [2.75, 3.05) is 19.7 Å². The fraction of sp³-hybridized carbons (Fsp3) is 0.375. The Labute approximate surface area is 128 Å². The van der Waals surface area contributed by atoms with Crippen molar-refractivity contribution >= 4 is 5.91 Å². The molecule has 1 aliphatic rings. The maximum atomic E-state index is 13.1. The van der Waals surface area contributed by atoms with Gasteiger partial charge >= 0.3 is 0 Å². The summed E-state index contributed by atoms with van der Waals surface area (Å²) in [5.41, 5.74) is 0. The molecule has 0 radical (unpaired) electrons. The van der Waals surface area contributed by atoms with Crippen LogP contribution in [0.2, 0.25) is 0 Å². The number of hydrogen-bond donors (Lipinski definition) is 1. The van der Waals surface area contributed by atoms with Gasteiger partial charge in [-0.05, 0) is 25.0 Å². The molecular weight excluding hydrogens is 285 g/mol. The number of benzene rings is 1. The number of hydrogen-bond acceptors (Lipinski definition) is 3. The maximum absolute atomic E-state index is 13.1. The zero-order chi connectivity index (χ0) is 15.4. The molecule has 0 aliphatic carbocycles. The summed E-state index contributed by atoms with van der Waals surface area (Å²) in [6.45, 7) is 1.29. The molecule has 6 heteroatoms. The molecule has 0 unspecified atom stereocenters. The van der Waals surface area contributed by atoms with E-state index in [-0.39, 0.29) is 24.2 Å².